The van der Waals surface area contributed by atoms with E-state index in [1.807, 2.05) is 47.9 Å². The lowest BCUT2D eigenvalue weighted by atomic mass is 10.3. The van der Waals surface area contributed by atoms with Crippen LogP contribution in [0.15, 0.2) is 42.6 Å². The Morgan fingerprint density at radius 3 is 2.74 bits per heavy atom. The first-order valence-electron chi connectivity index (χ1n) is 6.02. The van der Waals surface area contributed by atoms with Gasteiger partial charge in [0, 0.05) is 6.20 Å². The molecule has 0 saturated carbocycles. The molecule has 5 heteroatoms. The van der Waals surface area contributed by atoms with Crippen molar-refractivity contribution in [1.29, 1.82) is 0 Å². The van der Waals surface area contributed by atoms with Crippen molar-refractivity contribution >= 4 is 22.8 Å². The maximum Gasteiger partial charge on any atom is 0.164 e. The molecule has 4 nitrogen and oxygen atoms in total. The summed E-state index contributed by atoms with van der Waals surface area (Å²) in [6, 6.07) is 11.2. The summed E-state index contributed by atoms with van der Waals surface area (Å²) in [5.41, 5.74) is 8.44. The highest BCUT2D eigenvalue weighted by Gasteiger charge is 2.17. The number of halogens is 1. The number of pyridine rings is 1. The number of rotatable bonds is 2. The number of para-hydroxylation sites is 1. The average Bonchev–Trinajstić information content (AvgIpc) is 2.79. The van der Waals surface area contributed by atoms with Crippen molar-refractivity contribution in [2.45, 2.75) is 13.0 Å². The highest BCUT2D eigenvalue weighted by atomic mass is 35.5. The molecule has 2 aromatic heterocycles. The lowest BCUT2D eigenvalue weighted by Gasteiger charge is -2.12. The third kappa shape index (κ3) is 1.99. The van der Waals surface area contributed by atoms with E-state index in [0.29, 0.717) is 5.02 Å². The van der Waals surface area contributed by atoms with Crippen molar-refractivity contribution in [1.82, 2.24) is 14.5 Å². The summed E-state index contributed by atoms with van der Waals surface area (Å²) >= 11 is 6.28. The quantitative estimate of drug-likeness (QED) is 0.780. The molecule has 1 aromatic carbocycles. The minimum atomic E-state index is -0.203. The second-order valence-corrected chi connectivity index (χ2v) is 4.80. The van der Waals surface area contributed by atoms with Gasteiger partial charge in [0.1, 0.15) is 11.3 Å². The van der Waals surface area contributed by atoms with Crippen LogP contribution in [0, 0.1) is 0 Å². The number of fused-ring (bicyclic) bond motifs is 1. The normalized spacial score (nSPS) is 12.8. The Labute approximate surface area is 115 Å². The van der Waals surface area contributed by atoms with E-state index in [0.717, 1.165) is 22.7 Å². The van der Waals surface area contributed by atoms with Crippen LogP contribution < -0.4 is 5.73 Å². The molecule has 0 amide bonds. The highest BCUT2D eigenvalue weighted by Crippen LogP contribution is 2.27. The summed E-state index contributed by atoms with van der Waals surface area (Å²) in [5, 5.41) is 0.648. The first-order chi connectivity index (χ1) is 9.18. The molecule has 0 saturated heterocycles. The van der Waals surface area contributed by atoms with Crippen molar-refractivity contribution in [2.75, 3.05) is 0 Å². The van der Waals surface area contributed by atoms with Crippen LogP contribution in [0.3, 0.4) is 0 Å². The van der Waals surface area contributed by atoms with Crippen molar-refractivity contribution < 1.29 is 0 Å². The summed E-state index contributed by atoms with van der Waals surface area (Å²) < 4.78 is 1.92. The molecule has 0 aliphatic heterocycles. The summed E-state index contributed by atoms with van der Waals surface area (Å²) in [6.07, 6.45) is 1.74. The summed E-state index contributed by atoms with van der Waals surface area (Å²) in [7, 11) is 0. The van der Waals surface area contributed by atoms with E-state index in [1.54, 1.807) is 6.20 Å². The Bertz CT molecular complexity index is 733. The van der Waals surface area contributed by atoms with Crippen LogP contribution in [0.5, 0.6) is 0 Å². The van der Waals surface area contributed by atoms with Gasteiger partial charge in [0.05, 0.1) is 16.8 Å². The molecule has 0 unspecified atom stereocenters. The van der Waals surface area contributed by atoms with Gasteiger partial charge >= 0.3 is 0 Å². The molecule has 96 valence electrons. The number of aromatic nitrogens is 3. The van der Waals surface area contributed by atoms with E-state index in [2.05, 4.69) is 9.97 Å². The van der Waals surface area contributed by atoms with Gasteiger partial charge in [-0.05, 0) is 31.2 Å². The van der Waals surface area contributed by atoms with Crippen LogP contribution >= 0.6 is 11.6 Å². The molecule has 2 heterocycles. The van der Waals surface area contributed by atoms with Crippen LogP contribution in [-0.4, -0.2) is 14.5 Å². The minimum absolute atomic E-state index is 0.203. The van der Waals surface area contributed by atoms with Crippen molar-refractivity contribution in [3.8, 4) is 5.69 Å². The van der Waals surface area contributed by atoms with Gasteiger partial charge in [0.2, 0.25) is 0 Å². The zero-order chi connectivity index (χ0) is 13.4. The second kappa shape index (κ2) is 4.64. The van der Waals surface area contributed by atoms with Crippen molar-refractivity contribution in [2.24, 2.45) is 5.73 Å². The van der Waals surface area contributed by atoms with Crippen LogP contribution in [0.1, 0.15) is 18.8 Å². The van der Waals surface area contributed by atoms with E-state index in [-0.39, 0.29) is 6.04 Å². The molecular formula is C14H13ClN4. The van der Waals surface area contributed by atoms with Crippen LogP contribution in [0.25, 0.3) is 16.9 Å². The largest absolute Gasteiger partial charge is 0.322 e. The summed E-state index contributed by atoms with van der Waals surface area (Å²) in [5.74, 6) is 0.752. The monoisotopic (exact) mass is 272 g/mol. The van der Waals surface area contributed by atoms with Gasteiger partial charge < -0.3 is 5.73 Å². The van der Waals surface area contributed by atoms with Gasteiger partial charge in [-0.15, -0.1) is 0 Å². The Morgan fingerprint density at radius 2 is 2.00 bits per heavy atom. The molecule has 3 aromatic rings. The highest BCUT2D eigenvalue weighted by molar-refractivity contribution is 6.32. The van der Waals surface area contributed by atoms with Crippen molar-refractivity contribution in [3.63, 3.8) is 0 Å². The first-order valence-corrected chi connectivity index (χ1v) is 6.40. The fourth-order valence-corrected chi connectivity index (χ4v) is 2.33. The molecule has 1 atom stereocenters. The van der Waals surface area contributed by atoms with Gasteiger partial charge in [-0.1, -0.05) is 23.7 Å². The number of nitrogens with two attached hydrogens (primary N) is 1. The zero-order valence-electron chi connectivity index (χ0n) is 10.4. The molecular weight excluding hydrogens is 260 g/mol. The van der Waals surface area contributed by atoms with E-state index in [1.165, 1.54) is 0 Å². The van der Waals surface area contributed by atoms with Gasteiger partial charge in [-0.2, -0.15) is 0 Å². The molecule has 0 spiro atoms. The number of imidazole rings is 1. The SMILES string of the molecule is C[C@H](N)c1nc2cccnc2n1-c1ccccc1Cl. The fourth-order valence-electron chi connectivity index (χ4n) is 2.11. The summed E-state index contributed by atoms with van der Waals surface area (Å²) in [4.78, 5) is 8.93. The van der Waals surface area contributed by atoms with Gasteiger partial charge in [0.15, 0.2) is 5.65 Å². The third-order valence-corrected chi connectivity index (χ3v) is 3.26. The van der Waals surface area contributed by atoms with Crippen LogP contribution in [0.4, 0.5) is 0 Å². The van der Waals surface area contributed by atoms with Crippen molar-refractivity contribution in [3.05, 3.63) is 53.4 Å². The molecule has 2 N–H and O–H groups in total. The first kappa shape index (κ1) is 12.1. The third-order valence-electron chi connectivity index (χ3n) is 2.94. The molecule has 3 rings (SSSR count). The molecule has 0 radical (unpaired) electrons. The Balaban J connectivity index is 2.38. The molecule has 0 aliphatic carbocycles. The predicted molar refractivity (Wildman–Crippen MR) is 76.5 cm³/mol. The second-order valence-electron chi connectivity index (χ2n) is 4.39. The maximum absolute atomic E-state index is 6.28. The summed E-state index contributed by atoms with van der Waals surface area (Å²) in [6.45, 7) is 1.90. The lowest BCUT2D eigenvalue weighted by Crippen LogP contribution is -2.13. The molecule has 0 aliphatic rings. The van der Waals surface area contributed by atoms with Crippen LogP contribution in [0.2, 0.25) is 5.02 Å². The molecule has 0 fully saturated rings. The average molecular weight is 273 g/mol. The fraction of sp³-hybridized carbons (Fsp3) is 0.143. The van der Waals surface area contributed by atoms with Crippen LogP contribution in [-0.2, 0) is 0 Å². The number of nitrogens with zero attached hydrogens (tertiary/aromatic N) is 3. The van der Waals surface area contributed by atoms with E-state index in [9.17, 15) is 0 Å². The van der Waals surface area contributed by atoms with Gasteiger partial charge in [-0.3, -0.25) is 4.57 Å². The maximum atomic E-state index is 6.28. The smallest absolute Gasteiger partial charge is 0.164 e. The predicted octanol–water partition coefficient (Wildman–Crippen LogP) is 3.09. The van der Waals surface area contributed by atoms with E-state index in [4.69, 9.17) is 17.3 Å². The van der Waals surface area contributed by atoms with Gasteiger partial charge in [0.25, 0.3) is 0 Å². The number of benzene rings is 1. The lowest BCUT2D eigenvalue weighted by molar-refractivity contribution is 0.725. The Kier molecular flexibility index (Phi) is 2.97. The molecule has 0 bridgehead atoms. The van der Waals surface area contributed by atoms with E-state index >= 15 is 0 Å². The standard InChI is InChI=1S/C14H13ClN4/c1-9(16)13-18-11-6-4-8-17-14(11)19(13)12-7-3-2-5-10(12)15/h2-9H,16H2,1H3/t9-/m0/s1. The Morgan fingerprint density at radius 1 is 1.21 bits per heavy atom. The van der Waals surface area contributed by atoms with E-state index < -0.39 is 0 Å². The van der Waals surface area contributed by atoms with Gasteiger partial charge in [-0.25, -0.2) is 9.97 Å². The number of hydrogen-bond acceptors (Lipinski definition) is 3. The minimum Gasteiger partial charge on any atom is -0.322 e. The number of hydrogen-bond donors (Lipinski definition) is 1. The Hall–Kier alpha value is -1.91. The molecule has 19 heavy (non-hydrogen) atoms. The zero-order valence-corrected chi connectivity index (χ0v) is 11.2. The topological polar surface area (TPSA) is 56.7 Å².